The molecular weight excluding hydrogens is 222 g/mol. The first-order valence-electron chi connectivity index (χ1n) is 3.24. The zero-order valence-electron chi connectivity index (χ0n) is 7.65. The van der Waals surface area contributed by atoms with Gasteiger partial charge in [-0.05, 0) is 18.2 Å². The Morgan fingerprint density at radius 2 is 2.00 bits per heavy atom. The standard InChI is InChI=1S/C7H7FO4S.Na/c1-12-7-3-2-5(4-6(7)8)13(9,10)11;/h2-4H,1H3,(H,9,10,11);/q;+1/p-1. The van der Waals surface area contributed by atoms with Gasteiger partial charge in [-0.3, -0.25) is 0 Å². The van der Waals surface area contributed by atoms with Crippen LogP contribution in [0.5, 0.6) is 5.75 Å². The minimum absolute atomic E-state index is 0. The van der Waals surface area contributed by atoms with Crippen molar-refractivity contribution in [3.63, 3.8) is 0 Å². The van der Waals surface area contributed by atoms with Gasteiger partial charge in [0.15, 0.2) is 11.6 Å². The summed E-state index contributed by atoms with van der Waals surface area (Å²) in [6.07, 6.45) is 0. The summed E-state index contributed by atoms with van der Waals surface area (Å²) in [5.41, 5.74) is 0. The molecule has 0 aliphatic rings. The smallest absolute Gasteiger partial charge is 0.744 e. The Hall–Kier alpha value is -0.140. The Bertz CT molecular complexity index is 418. The van der Waals surface area contributed by atoms with Crippen molar-refractivity contribution >= 4 is 10.1 Å². The Labute approximate surface area is 103 Å². The third kappa shape index (κ3) is 3.21. The number of rotatable bonds is 2. The maximum Gasteiger partial charge on any atom is 1.00 e. The summed E-state index contributed by atoms with van der Waals surface area (Å²) >= 11 is 0. The molecule has 0 N–H and O–H groups in total. The first kappa shape index (κ1) is 13.9. The minimum atomic E-state index is -4.60. The van der Waals surface area contributed by atoms with Crippen LogP contribution in [-0.2, 0) is 10.1 Å². The van der Waals surface area contributed by atoms with Gasteiger partial charge in [-0.25, -0.2) is 12.8 Å². The number of benzene rings is 1. The first-order chi connectivity index (χ1) is 5.95. The second-order valence-electron chi connectivity index (χ2n) is 2.25. The number of hydrogen-bond donors (Lipinski definition) is 0. The van der Waals surface area contributed by atoms with Crippen LogP contribution in [0.15, 0.2) is 23.1 Å². The second-order valence-corrected chi connectivity index (χ2v) is 3.63. The van der Waals surface area contributed by atoms with Crippen LogP contribution in [0.3, 0.4) is 0 Å². The summed E-state index contributed by atoms with van der Waals surface area (Å²) in [4.78, 5) is -0.606. The number of methoxy groups -OCH3 is 1. The SMILES string of the molecule is COc1ccc(S(=O)(=O)[O-])cc1F.[Na+]. The minimum Gasteiger partial charge on any atom is -0.744 e. The maximum atomic E-state index is 12.9. The fourth-order valence-electron chi connectivity index (χ4n) is 0.803. The molecule has 0 spiro atoms. The fourth-order valence-corrected chi connectivity index (χ4v) is 1.29. The van der Waals surface area contributed by atoms with Gasteiger partial charge in [0.05, 0.1) is 12.0 Å². The van der Waals surface area contributed by atoms with Crippen LogP contribution in [0, 0.1) is 5.82 Å². The number of ether oxygens (including phenoxy) is 1. The molecule has 0 heterocycles. The molecule has 0 fully saturated rings. The molecule has 0 radical (unpaired) electrons. The van der Waals surface area contributed by atoms with Gasteiger partial charge in [0.1, 0.15) is 10.1 Å². The zero-order valence-corrected chi connectivity index (χ0v) is 10.5. The summed E-state index contributed by atoms with van der Waals surface area (Å²) < 4.78 is 48.7. The second kappa shape index (κ2) is 5.09. The van der Waals surface area contributed by atoms with Crippen molar-refractivity contribution in [3.8, 4) is 5.75 Å². The molecule has 0 aromatic heterocycles. The molecule has 1 aromatic rings. The Kier molecular flexibility index (Phi) is 5.03. The van der Waals surface area contributed by atoms with E-state index >= 15 is 0 Å². The van der Waals surface area contributed by atoms with Gasteiger partial charge < -0.3 is 9.29 Å². The summed E-state index contributed by atoms with van der Waals surface area (Å²) in [5, 5.41) is 0. The van der Waals surface area contributed by atoms with Crippen molar-refractivity contribution in [1.29, 1.82) is 0 Å². The van der Waals surface area contributed by atoms with Crippen LogP contribution >= 0.6 is 0 Å². The van der Waals surface area contributed by atoms with Crippen LogP contribution in [-0.4, -0.2) is 20.1 Å². The molecule has 0 aliphatic carbocycles. The number of hydrogen-bond acceptors (Lipinski definition) is 4. The molecule has 1 rings (SSSR count). The van der Waals surface area contributed by atoms with Gasteiger partial charge in [0, 0.05) is 0 Å². The van der Waals surface area contributed by atoms with Crippen LogP contribution in [0.25, 0.3) is 0 Å². The van der Waals surface area contributed by atoms with E-state index in [2.05, 4.69) is 4.74 Å². The van der Waals surface area contributed by atoms with Gasteiger partial charge in [-0.2, -0.15) is 0 Å². The van der Waals surface area contributed by atoms with Crippen LogP contribution in [0.2, 0.25) is 0 Å². The van der Waals surface area contributed by atoms with E-state index in [1.54, 1.807) is 0 Å². The van der Waals surface area contributed by atoms with E-state index in [9.17, 15) is 17.4 Å². The van der Waals surface area contributed by atoms with Gasteiger partial charge in [-0.15, -0.1) is 0 Å². The maximum absolute atomic E-state index is 12.9. The van der Waals surface area contributed by atoms with Gasteiger partial charge in [0.2, 0.25) is 0 Å². The Morgan fingerprint density at radius 3 is 2.36 bits per heavy atom. The molecule has 0 unspecified atom stereocenters. The third-order valence-electron chi connectivity index (χ3n) is 1.41. The predicted octanol–water partition coefficient (Wildman–Crippen LogP) is -2.26. The quantitative estimate of drug-likeness (QED) is 0.423. The van der Waals surface area contributed by atoms with Crippen molar-refractivity contribution in [2.24, 2.45) is 0 Å². The molecule has 7 heteroatoms. The molecule has 0 saturated carbocycles. The van der Waals surface area contributed by atoms with Crippen molar-refractivity contribution in [1.82, 2.24) is 0 Å². The summed E-state index contributed by atoms with van der Waals surface area (Å²) in [6.45, 7) is 0. The van der Waals surface area contributed by atoms with Gasteiger partial charge >= 0.3 is 29.6 Å². The summed E-state index contributed by atoms with van der Waals surface area (Å²) in [5.74, 6) is -0.980. The van der Waals surface area contributed by atoms with Crippen LogP contribution < -0.4 is 34.3 Å². The van der Waals surface area contributed by atoms with Crippen molar-refractivity contribution < 1.29 is 51.7 Å². The first-order valence-corrected chi connectivity index (χ1v) is 4.65. The topological polar surface area (TPSA) is 66.4 Å². The van der Waals surface area contributed by atoms with Crippen LogP contribution in [0.1, 0.15) is 0 Å². The largest absolute Gasteiger partial charge is 1.00 e. The number of halogens is 1. The molecule has 14 heavy (non-hydrogen) atoms. The van der Waals surface area contributed by atoms with Crippen molar-refractivity contribution in [3.05, 3.63) is 24.0 Å². The van der Waals surface area contributed by atoms with E-state index in [0.717, 1.165) is 12.1 Å². The summed E-state index contributed by atoms with van der Waals surface area (Å²) in [6, 6.07) is 2.70. The molecule has 0 atom stereocenters. The fraction of sp³-hybridized carbons (Fsp3) is 0.143. The molecule has 0 saturated heterocycles. The molecule has 72 valence electrons. The average molecular weight is 228 g/mol. The molecule has 0 bridgehead atoms. The molecular formula is C7H6FNaO4S. The molecule has 1 aromatic carbocycles. The Balaban J connectivity index is 0.00000169. The van der Waals surface area contributed by atoms with E-state index < -0.39 is 20.8 Å². The molecule has 0 amide bonds. The summed E-state index contributed by atoms with van der Waals surface area (Å²) in [7, 11) is -3.36. The normalized spacial score (nSPS) is 10.5. The monoisotopic (exact) mass is 228 g/mol. The van der Waals surface area contributed by atoms with E-state index in [1.807, 2.05) is 0 Å². The molecule has 4 nitrogen and oxygen atoms in total. The van der Waals surface area contributed by atoms with Gasteiger partial charge in [0.25, 0.3) is 0 Å². The van der Waals surface area contributed by atoms with Crippen molar-refractivity contribution in [2.75, 3.05) is 7.11 Å². The predicted molar refractivity (Wildman–Crippen MR) is 40.9 cm³/mol. The van der Waals surface area contributed by atoms with E-state index in [1.165, 1.54) is 7.11 Å². The van der Waals surface area contributed by atoms with E-state index in [0.29, 0.717) is 6.07 Å². The molecule has 0 aliphatic heterocycles. The zero-order chi connectivity index (χ0) is 10.1. The van der Waals surface area contributed by atoms with E-state index in [-0.39, 0.29) is 35.3 Å². The third-order valence-corrected chi connectivity index (χ3v) is 2.24. The van der Waals surface area contributed by atoms with Gasteiger partial charge in [-0.1, -0.05) is 0 Å². The Morgan fingerprint density at radius 1 is 1.43 bits per heavy atom. The van der Waals surface area contributed by atoms with Crippen LogP contribution in [0.4, 0.5) is 4.39 Å². The van der Waals surface area contributed by atoms with Crippen molar-refractivity contribution in [2.45, 2.75) is 4.90 Å². The van der Waals surface area contributed by atoms with E-state index in [4.69, 9.17) is 0 Å². The average Bonchev–Trinajstić information content (AvgIpc) is 2.02.